The zero-order valence-corrected chi connectivity index (χ0v) is 6.32. The van der Waals surface area contributed by atoms with E-state index in [2.05, 4.69) is 5.73 Å². The van der Waals surface area contributed by atoms with Gasteiger partial charge in [-0.15, -0.1) is 0 Å². The van der Waals surface area contributed by atoms with Gasteiger partial charge >= 0.3 is 18.1 Å². The van der Waals surface area contributed by atoms with Crippen molar-refractivity contribution < 1.29 is 31.9 Å². The van der Waals surface area contributed by atoms with E-state index in [4.69, 9.17) is 5.11 Å². The Balaban J connectivity index is 5.16. The van der Waals surface area contributed by atoms with Crippen LogP contribution in [0.15, 0.2) is 0 Å². The molecule has 1 unspecified atom stereocenters. The lowest BCUT2D eigenvalue weighted by Gasteiger charge is -2.30. The van der Waals surface area contributed by atoms with Gasteiger partial charge in [0.25, 0.3) is 0 Å². The number of halogens is 5. The number of carbonyl (C=O) groups is 1. The van der Waals surface area contributed by atoms with Crippen molar-refractivity contribution in [3.05, 3.63) is 0 Å². The highest BCUT2D eigenvalue weighted by molar-refractivity contribution is 5.79. The summed E-state index contributed by atoms with van der Waals surface area (Å²) in [6.07, 6.45) is -5.98. The number of hydrogen-bond donors (Lipinski definition) is 2. The zero-order chi connectivity index (χ0) is 11.1. The van der Waals surface area contributed by atoms with Crippen LogP contribution in [0.2, 0.25) is 0 Å². The molecule has 1 atom stereocenters. The Morgan fingerprint density at radius 1 is 1.23 bits per heavy atom. The van der Waals surface area contributed by atoms with Crippen molar-refractivity contribution in [2.24, 2.45) is 5.73 Å². The lowest BCUT2D eigenvalue weighted by Crippen LogP contribution is -2.65. The summed E-state index contributed by atoms with van der Waals surface area (Å²) in [5.74, 6) is -7.89. The lowest BCUT2D eigenvalue weighted by molar-refractivity contribution is -0.303. The van der Waals surface area contributed by atoms with Gasteiger partial charge in [-0.05, 0) is 6.92 Å². The molecule has 0 heterocycles. The summed E-state index contributed by atoms with van der Waals surface area (Å²) in [7, 11) is 0. The number of nitrogens with two attached hydrogens (primary N) is 1. The van der Waals surface area contributed by atoms with Crippen molar-refractivity contribution in [2.45, 2.75) is 24.6 Å². The quantitative estimate of drug-likeness (QED) is 0.663. The molecule has 0 aromatic heterocycles. The molecule has 8 heteroatoms. The molecule has 0 aliphatic rings. The van der Waals surface area contributed by atoms with E-state index in [1.54, 1.807) is 0 Å². The van der Waals surface area contributed by atoms with E-state index >= 15 is 0 Å². The van der Waals surface area contributed by atoms with Crippen LogP contribution in [0.25, 0.3) is 0 Å². The second kappa shape index (κ2) is 2.79. The molecule has 0 radical (unpaired) electrons. The van der Waals surface area contributed by atoms with Crippen molar-refractivity contribution in [3.63, 3.8) is 0 Å². The molecule has 13 heavy (non-hydrogen) atoms. The van der Waals surface area contributed by atoms with Crippen LogP contribution in [-0.2, 0) is 4.79 Å². The second-order valence-electron chi connectivity index (χ2n) is 2.58. The highest BCUT2D eigenvalue weighted by atomic mass is 19.4. The molecule has 0 bridgehead atoms. The molecule has 0 saturated carbocycles. The van der Waals surface area contributed by atoms with Crippen LogP contribution < -0.4 is 5.73 Å². The molecule has 3 nitrogen and oxygen atoms in total. The molecule has 0 fully saturated rings. The number of hydrogen-bond acceptors (Lipinski definition) is 2. The van der Waals surface area contributed by atoms with Crippen LogP contribution in [0.1, 0.15) is 6.92 Å². The van der Waals surface area contributed by atoms with Gasteiger partial charge in [0.2, 0.25) is 0 Å². The predicted molar refractivity (Wildman–Crippen MR) is 31.2 cm³/mol. The number of rotatable bonds is 2. The number of carboxylic acids is 1. The second-order valence-corrected chi connectivity index (χ2v) is 2.58. The SMILES string of the molecule is CC(N)(C(=O)O)C(F)(F)C(F)(F)F. The molecule has 0 spiro atoms. The van der Waals surface area contributed by atoms with E-state index in [9.17, 15) is 26.7 Å². The van der Waals surface area contributed by atoms with Gasteiger partial charge in [0.1, 0.15) is 0 Å². The van der Waals surface area contributed by atoms with Gasteiger partial charge in [-0.25, -0.2) is 4.79 Å². The molecule has 0 aromatic rings. The van der Waals surface area contributed by atoms with E-state index < -0.39 is 23.6 Å². The molecule has 0 rings (SSSR count). The molecule has 0 aromatic carbocycles. The predicted octanol–water partition coefficient (Wildman–Crippen LogP) is 0.986. The van der Waals surface area contributed by atoms with E-state index in [0.29, 0.717) is 0 Å². The molecule has 3 N–H and O–H groups in total. The summed E-state index contributed by atoms with van der Waals surface area (Å²) in [5, 5.41) is 8.04. The maximum atomic E-state index is 12.3. The smallest absolute Gasteiger partial charge is 0.455 e. The Bertz CT molecular complexity index is 221. The van der Waals surface area contributed by atoms with Crippen LogP contribution in [0, 0.1) is 0 Å². The van der Waals surface area contributed by atoms with Gasteiger partial charge in [0, 0.05) is 0 Å². The first-order chi connectivity index (χ1) is 5.44. The van der Waals surface area contributed by atoms with Gasteiger partial charge in [-0.1, -0.05) is 0 Å². The average Bonchev–Trinajstić information content (AvgIpc) is 1.84. The van der Waals surface area contributed by atoms with Crippen LogP contribution in [0.5, 0.6) is 0 Å². The highest BCUT2D eigenvalue weighted by Gasteiger charge is 2.70. The van der Waals surface area contributed by atoms with Crippen molar-refractivity contribution >= 4 is 5.97 Å². The first-order valence-electron chi connectivity index (χ1n) is 2.91. The fraction of sp³-hybridized carbons (Fsp3) is 0.800. The van der Waals surface area contributed by atoms with Crippen LogP contribution >= 0.6 is 0 Å². The minimum Gasteiger partial charge on any atom is -0.480 e. The summed E-state index contributed by atoms with van der Waals surface area (Å²) in [6, 6.07) is 0. The van der Waals surface area contributed by atoms with Gasteiger partial charge < -0.3 is 10.8 Å². The third-order valence-electron chi connectivity index (χ3n) is 1.45. The number of alkyl halides is 5. The Morgan fingerprint density at radius 2 is 1.54 bits per heavy atom. The summed E-state index contributed by atoms with van der Waals surface area (Å²) in [5.41, 5.74) is 0.692. The first kappa shape index (κ1) is 12.1. The van der Waals surface area contributed by atoms with E-state index in [0.717, 1.165) is 0 Å². The van der Waals surface area contributed by atoms with Crippen LogP contribution in [0.3, 0.4) is 0 Å². The molecule has 0 aliphatic carbocycles. The molecular weight excluding hydrogens is 201 g/mol. The largest absolute Gasteiger partial charge is 0.480 e. The van der Waals surface area contributed by atoms with Gasteiger partial charge in [-0.2, -0.15) is 22.0 Å². The normalized spacial score (nSPS) is 18.1. The molecule has 0 saturated heterocycles. The van der Waals surface area contributed by atoms with Crippen molar-refractivity contribution in [1.82, 2.24) is 0 Å². The van der Waals surface area contributed by atoms with Gasteiger partial charge in [0.05, 0.1) is 0 Å². The average molecular weight is 207 g/mol. The molecule has 78 valence electrons. The summed E-state index contributed by atoms with van der Waals surface area (Å²) in [6.45, 7) is 0.100. The summed E-state index contributed by atoms with van der Waals surface area (Å²) < 4.78 is 59.4. The van der Waals surface area contributed by atoms with E-state index in [1.165, 1.54) is 0 Å². The lowest BCUT2D eigenvalue weighted by atomic mass is 9.95. The van der Waals surface area contributed by atoms with Gasteiger partial charge in [0.15, 0.2) is 5.54 Å². The van der Waals surface area contributed by atoms with Crippen molar-refractivity contribution in [2.75, 3.05) is 0 Å². The summed E-state index contributed by atoms with van der Waals surface area (Å²) >= 11 is 0. The van der Waals surface area contributed by atoms with Crippen LogP contribution in [0.4, 0.5) is 22.0 Å². The fourth-order valence-corrected chi connectivity index (χ4v) is 0.429. The highest BCUT2D eigenvalue weighted by Crippen LogP contribution is 2.42. The number of aliphatic carboxylic acids is 1. The maximum Gasteiger partial charge on any atom is 0.455 e. The Labute approximate surface area is 69.3 Å². The minimum absolute atomic E-state index is 0.100. The van der Waals surface area contributed by atoms with Crippen molar-refractivity contribution in [3.8, 4) is 0 Å². The Hall–Kier alpha value is -0.920. The molecular formula is C5H6F5NO2. The van der Waals surface area contributed by atoms with E-state index in [-0.39, 0.29) is 6.92 Å². The maximum absolute atomic E-state index is 12.3. The van der Waals surface area contributed by atoms with E-state index in [1.807, 2.05) is 0 Å². The summed E-state index contributed by atoms with van der Waals surface area (Å²) in [4.78, 5) is 10.0. The zero-order valence-electron chi connectivity index (χ0n) is 6.32. The Morgan fingerprint density at radius 3 is 1.62 bits per heavy atom. The van der Waals surface area contributed by atoms with Gasteiger partial charge in [-0.3, -0.25) is 0 Å². The third-order valence-corrected chi connectivity index (χ3v) is 1.45. The van der Waals surface area contributed by atoms with Crippen molar-refractivity contribution in [1.29, 1.82) is 0 Å². The minimum atomic E-state index is -5.98. The van der Waals surface area contributed by atoms with Crippen LogP contribution in [-0.4, -0.2) is 28.7 Å². The fourth-order valence-electron chi connectivity index (χ4n) is 0.429. The number of carboxylic acid groups (broad SMARTS) is 1. The first-order valence-corrected chi connectivity index (χ1v) is 2.91. The molecule has 0 amide bonds. The third kappa shape index (κ3) is 1.71. The Kier molecular flexibility index (Phi) is 2.59. The standard InChI is InChI=1S/C5H6F5NO2/c1-3(11,2(12)13)4(6,7)5(8,9)10/h11H2,1H3,(H,12,13). The monoisotopic (exact) mass is 207 g/mol. The topological polar surface area (TPSA) is 63.3 Å². The molecule has 0 aliphatic heterocycles.